The standard InChI is InChI=1S/C35H62/c1-4-7-10-13-30-15-17-32(18-16-30)23-27-35(26-12-9-6-3)28-24-34(25-29-35)33-21-19-31(20-22-33)14-11-8-5-2/h27,30-31,33-34H,4-22,24-26,28-29H2,1-3H3. The van der Waals surface area contributed by atoms with E-state index in [0.29, 0.717) is 5.41 Å². The van der Waals surface area contributed by atoms with Crippen molar-refractivity contribution in [2.75, 3.05) is 0 Å². The van der Waals surface area contributed by atoms with Crippen molar-refractivity contribution in [1.29, 1.82) is 0 Å². The van der Waals surface area contributed by atoms with Crippen LogP contribution in [0, 0.1) is 29.1 Å². The topological polar surface area (TPSA) is 0 Å². The van der Waals surface area contributed by atoms with Crippen LogP contribution in [0.1, 0.15) is 175 Å². The Kier molecular flexibility index (Phi) is 13.6. The van der Waals surface area contributed by atoms with Gasteiger partial charge < -0.3 is 0 Å². The largest absolute Gasteiger partial charge is 0.126 e. The molecule has 3 rings (SSSR count). The van der Waals surface area contributed by atoms with Crippen molar-refractivity contribution < 1.29 is 0 Å². The fourth-order valence-corrected chi connectivity index (χ4v) is 7.91. The Labute approximate surface area is 221 Å². The monoisotopic (exact) mass is 482 g/mol. The minimum Gasteiger partial charge on any atom is -0.126 e. The highest BCUT2D eigenvalue weighted by Gasteiger charge is 2.36. The van der Waals surface area contributed by atoms with E-state index >= 15 is 0 Å². The summed E-state index contributed by atoms with van der Waals surface area (Å²) >= 11 is 0. The van der Waals surface area contributed by atoms with E-state index in [1.54, 1.807) is 18.4 Å². The van der Waals surface area contributed by atoms with Gasteiger partial charge in [0.25, 0.3) is 0 Å². The number of allylic oxidation sites excluding steroid dienone is 1. The summed E-state index contributed by atoms with van der Waals surface area (Å²) in [4.78, 5) is 0. The predicted octanol–water partition coefficient (Wildman–Crippen LogP) is 12.0. The Bertz CT molecular complexity index is 594. The molecular formula is C35H62. The maximum Gasteiger partial charge on any atom is -0.00423 e. The molecule has 0 aromatic heterocycles. The lowest BCUT2D eigenvalue weighted by atomic mass is 9.63. The first-order chi connectivity index (χ1) is 17.2. The zero-order valence-electron chi connectivity index (χ0n) is 24.4. The second kappa shape index (κ2) is 16.4. The zero-order valence-corrected chi connectivity index (χ0v) is 24.4. The van der Waals surface area contributed by atoms with Gasteiger partial charge in [-0.25, -0.2) is 0 Å². The average Bonchev–Trinajstić information content (AvgIpc) is 2.90. The highest BCUT2D eigenvalue weighted by atomic mass is 14.4. The molecular weight excluding hydrogens is 420 g/mol. The van der Waals surface area contributed by atoms with Crippen LogP contribution < -0.4 is 0 Å². The summed E-state index contributed by atoms with van der Waals surface area (Å²) in [6.45, 7) is 7.03. The molecule has 0 aromatic carbocycles. The van der Waals surface area contributed by atoms with Gasteiger partial charge in [-0.1, -0.05) is 104 Å². The van der Waals surface area contributed by atoms with Crippen LogP contribution in [0.3, 0.4) is 0 Å². The van der Waals surface area contributed by atoms with Crippen molar-refractivity contribution in [3.8, 4) is 0 Å². The molecule has 3 aliphatic carbocycles. The molecule has 0 saturated heterocycles. The van der Waals surface area contributed by atoms with Gasteiger partial charge in [0.05, 0.1) is 0 Å². The van der Waals surface area contributed by atoms with E-state index in [2.05, 4.69) is 32.6 Å². The molecule has 3 aliphatic rings. The van der Waals surface area contributed by atoms with E-state index in [9.17, 15) is 0 Å². The van der Waals surface area contributed by atoms with E-state index in [4.69, 9.17) is 0 Å². The summed E-state index contributed by atoms with van der Waals surface area (Å²) in [6.07, 6.45) is 37.5. The SMILES string of the molecule is CCCCCC1CCC(=C=CC2(CCCCC)CCC(C3CCC(CCCCC)CC3)CC2)CC1. The number of hydrogen-bond donors (Lipinski definition) is 0. The fraction of sp³-hybridized carbons (Fsp3) is 0.914. The van der Waals surface area contributed by atoms with E-state index in [1.165, 1.54) is 141 Å². The summed E-state index contributed by atoms with van der Waals surface area (Å²) in [5.74, 6) is 4.15. The quantitative estimate of drug-likeness (QED) is 0.170. The molecule has 0 N–H and O–H groups in total. The summed E-state index contributed by atoms with van der Waals surface area (Å²) in [7, 11) is 0. The molecule has 3 saturated carbocycles. The van der Waals surface area contributed by atoms with E-state index in [1.807, 2.05) is 0 Å². The van der Waals surface area contributed by atoms with Gasteiger partial charge in [0.1, 0.15) is 0 Å². The van der Waals surface area contributed by atoms with Crippen molar-refractivity contribution in [2.45, 2.75) is 175 Å². The maximum absolute atomic E-state index is 3.96. The smallest absolute Gasteiger partial charge is 0.00423 e. The van der Waals surface area contributed by atoms with Crippen LogP contribution >= 0.6 is 0 Å². The van der Waals surface area contributed by atoms with Crippen LogP contribution in [0.5, 0.6) is 0 Å². The molecule has 202 valence electrons. The van der Waals surface area contributed by atoms with Crippen molar-refractivity contribution in [3.05, 3.63) is 17.4 Å². The third-order valence-electron chi connectivity index (χ3n) is 10.6. The first-order valence-electron chi connectivity index (χ1n) is 16.6. The van der Waals surface area contributed by atoms with Crippen molar-refractivity contribution in [1.82, 2.24) is 0 Å². The van der Waals surface area contributed by atoms with Crippen LogP contribution in [0.4, 0.5) is 0 Å². The Morgan fingerprint density at radius 2 is 1.14 bits per heavy atom. The van der Waals surface area contributed by atoms with Crippen molar-refractivity contribution in [3.63, 3.8) is 0 Å². The molecule has 0 amide bonds. The molecule has 0 aliphatic heterocycles. The van der Waals surface area contributed by atoms with Gasteiger partial charge in [-0.2, -0.15) is 0 Å². The van der Waals surface area contributed by atoms with Crippen LogP contribution in [0.25, 0.3) is 0 Å². The van der Waals surface area contributed by atoms with E-state index in [-0.39, 0.29) is 0 Å². The number of hydrogen-bond acceptors (Lipinski definition) is 0. The third-order valence-corrected chi connectivity index (χ3v) is 10.6. The molecule has 0 heteroatoms. The van der Waals surface area contributed by atoms with Crippen LogP contribution in [0.2, 0.25) is 0 Å². The van der Waals surface area contributed by atoms with Gasteiger partial charge in [-0.15, -0.1) is 5.73 Å². The highest BCUT2D eigenvalue weighted by Crippen LogP contribution is 2.49. The Hall–Kier alpha value is -0.480. The second-order valence-corrected chi connectivity index (χ2v) is 13.3. The zero-order chi connectivity index (χ0) is 24.8. The average molecular weight is 483 g/mol. The molecule has 3 fully saturated rings. The number of unbranched alkanes of at least 4 members (excludes halogenated alkanes) is 6. The lowest BCUT2D eigenvalue weighted by Gasteiger charge is -2.42. The van der Waals surface area contributed by atoms with Gasteiger partial charge in [0, 0.05) is 0 Å². The van der Waals surface area contributed by atoms with Crippen LogP contribution in [-0.4, -0.2) is 0 Å². The third kappa shape index (κ3) is 10.1. The molecule has 35 heavy (non-hydrogen) atoms. The molecule has 0 atom stereocenters. The summed E-state index contributed by atoms with van der Waals surface area (Å²) in [5, 5.41) is 0. The van der Waals surface area contributed by atoms with Crippen LogP contribution in [-0.2, 0) is 0 Å². The molecule has 0 spiro atoms. The van der Waals surface area contributed by atoms with Gasteiger partial charge in [-0.05, 0) is 111 Å². The molecule has 0 unspecified atom stereocenters. The van der Waals surface area contributed by atoms with Gasteiger partial charge in [0.15, 0.2) is 0 Å². The summed E-state index contributed by atoms with van der Waals surface area (Å²) < 4.78 is 0. The highest BCUT2D eigenvalue weighted by molar-refractivity contribution is 5.10. The lowest BCUT2D eigenvalue weighted by Crippen LogP contribution is -2.31. The second-order valence-electron chi connectivity index (χ2n) is 13.3. The van der Waals surface area contributed by atoms with E-state index in [0.717, 1.165) is 23.7 Å². The van der Waals surface area contributed by atoms with E-state index < -0.39 is 0 Å². The molecule has 0 aromatic rings. The molecule has 0 bridgehead atoms. The minimum atomic E-state index is 0.480. The first-order valence-corrected chi connectivity index (χ1v) is 16.6. The lowest BCUT2D eigenvalue weighted by molar-refractivity contribution is 0.111. The van der Waals surface area contributed by atoms with Crippen LogP contribution in [0.15, 0.2) is 17.4 Å². The first kappa shape index (κ1) is 29.1. The Morgan fingerprint density at radius 1 is 0.629 bits per heavy atom. The normalized spacial score (nSPS) is 31.8. The maximum atomic E-state index is 3.96. The fourth-order valence-electron chi connectivity index (χ4n) is 7.91. The van der Waals surface area contributed by atoms with Gasteiger partial charge >= 0.3 is 0 Å². The van der Waals surface area contributed by atoms with Gasteiger partial charge in [-0.3, -0.25) is 0 Å². The Balaban J connectivity index is 1.49. The number of rotatable bonds is 14. The van der Waals surface area contributed by atoms with Crippen molar-refractivity contribution in [2.24, 2.45) is 29.1 Å². The minimum absolute atomic E-state index is 0.480. The Morgan fingerprint density at radius 3 is 1.71 bits per heavy atom. The summed E-state index contributed by atoms with van der Waals surface area (Å²) in [5.41, 5.74) is 6.11. The molecule has 0 radical (unpaired) electrons. The summed E-state index contributed by atoms with van der Waals surface area (Å²) in [6, 6.07) is 0. The van der Waals surface area contributed by atoms with Gasteiger partial charge in [0.2, 0.25) is 0 Å². The predicted molar refractivity (Wildman–Crippen MR) is 156 cm³/mol. The van der Waals surface area contributed by atoms with Crippen molar-refractivity contribution >= 4 is 0 Å². The molecule has 0 nitrogen and oxygen atoms in total. The molecule has 0 heterocycles.